The molecular weight excluding hydrogens is 206 g/mol. The van der Waals surface area contributed by atoms with E-state index in [2.05, 4.69) is 31.2 Å². The summed E-state index contributed by atoms with van der Waals surface area (Å²) < 4.78 is 5.14. The quantitative estimate of drug-likeness (QED) is 0.755. The summed E-state index contributed by atoms with van der Waals surface area (Å²) >= 11 is 1.85. The third-order valence-corrected chi connectivity index (χ3v) is 3.21. The van der Waals surface area contributed by atoms with Gasteiger partial charge < -0.3 is 10.5 Å². The molecule has 3 heteroatoms. The zero-order valence-corrected chi connectivity index (χ0v) is 10.2. The molecule has 84 valence electrons. The zero-order valence-electron chi connectivity index (χ0n) is 9.40. The fourth-order valence-corrected chi connectivity index (χ4v) is 2.17. The lowest BCUT2D eigenvalue weighted by molar-refractivity contribution is 0.181. The van der Waals surface area contributed by atoms with Crippen molar-refractivity contribution in [3.05, 3.63) is 29.8 Å². The largest absolute Gasteiger partial charge is 0.384 e. The minimum absolute atomic E-state index is 0.315. The summed E-state index contributed by atoms with van der Waals surface area (Å²) in [5.74, 6) is 1.42. The topological polar surface area (TPSA) is 35.2 Å². The SMILES string of the molecule is CCSc1ccc(C(CN)COC)cc1. The molecular formula is C12H19NOS. The van der Waals surface area contributed by atoms with Crippen LogP contribution in [0.5, 0.6) is 0 Å². The van der Waals surface area contributed by atoms with Crippen LogP contribution in [0, 0.1) is 0 Å². The van der Waals surface area contributed by atoms with E-state index in [9.17, 15) is 0 Å². The molecule has 0 amide bonds. The van der Waals surface area contributed by atoms with Crippen molar-refractivity contribution in [1.82, 2.24) is 0 Å². The second-order valence-corrected chi connectivity index (χ2v) is 4.73. The van der Waals surface area contributed by atoms with Gasteiger partial charge in [-0.05, 0) is 23.4 Å². The molecule has 0 heterocycles. The zero-order chi connectivity index (χ0) is 11.1. The van der Waals surface area contributed by atoms with Crippen molar-refractivity contribution in [2.75, 3.05) is 26.0 Å². The van der Waals surface area contributed by atoms with E-state index in [0.29, 0.717) is 19.1 Å². The van der Waals surface area contributed by atoms with Crippen LogP contribution in [-0.2, 0) is 4.74 Å². The Morgan fingerprint density at radius 3 is 2.47 bits per heavy atom. The molecule has 2 N–H and O–H groups in total. The fourth-order valence-electron chi connectivity index (χ4n) is 1.50. The van der Waals surface area contributed by atoms with Gasteiger partial charge in [0.1, 0.15) is 0 Å². The van der Waals surface area contributed by atoms with Crippen molar-refractivity contribution >= 4 is 11.8 Å². The van der Waals surface area contributed by atoms with Gasteiger partial charge in [0.2, 0.25) is 0 Å². The summed E-state index contributed by atoms with van der Waals surface area (Å²) in [6.07, 6.45) is 0. The molecule has 15 heavy (non-hydrogen) atoms. The van der Waals surface area contributed by atoms with Crippen LogP contribution < -0.4 is 5.73 Å². The Bertz CT molecular complexity index is 273. The second kappa shape index (κ2) is 6.88. The lowest BCUT2D eigenvalue weighted by Gasteiger charge is -2.14. The van der Waals surface area contributed by atoms with E-state index < -0.39 is 0 Å². The Hall–Kier alpha value is -0.510. The van der Waals surface area contributed by atoms with Gasteiger partial charge in [0.25, 0.3) is 0 Å². The van der Waals surface area contributed by atoms with Gasteiger partial charge in [-0.3, -0.25) is 0 Å². The molecule has 1 rings (SSSR count). The molecule has 0 aromatic heterocycles. The molecule has 0 aliphatic rings. The Morgan fingerprint density at radius 2 is 2.00 bits per heavy atom. The molecule has 1 aromatic carbocycles. The first-order valence-corrected chi connectivity index (χ1v) is 6.22. The van der Waals surface area contributed by atoms with Crippen LogP contribution in [0.25, 0.3) is 0 Å². The van der Waals surface area contributed by atoms with Crippen LogP contribution in [0.4, 0.5) is 0 Å². The van der Waals surface area contributed by atoms with Crippen molar-refractivity contribution in [3.8, 4) is 0 Å². The summed E-state index contributed by atoms with van der Waals surface area (Å²) in [7, 11) is 1.71. The summed E-state index contributed by atoms with van der Waals surface area (Å²) in [5, 5.41) is 0. The normalized spacial score (nSPS) is 12.7. The van der Waals surface area contributed by atoms with E-state index in [0.717, 1.165) is 5.75 Å². The third kappa shape index (κ3) is 3.86. The first-order valence-electron chi connectivity index (χ1n) is 5.23. The van der Waals surface area contributed by atoms with Gasteiger partial charge in [0, 0.05) is 24.5 Å². The standard InChI is InChI=1S/C12H19NOS/c1-3-15-12-6-4-10(5-7-12)11(8-13)9-14-2/h4-7,11H,3,8-9,13H2,1-2H3. The van der Waals surface area contributed by atoms with Gasteiger partial charge in [0.05, 0.1) is 6.61 Å². The number of ether oxygens (including phenoxy) is 1. The molecule has 1 unspecified atom stereocenters. The second-order valence-electron chi connectivity index (χ2n) is 3.39. The molecule has 0 aliphatic carbocycles. The molecule has 0 fully saturated rings. The molecule has 0 bridgehead atoms. The van der Waals surface area contributed by atoms with Crippen LogP contribution in [0.1, 0.15) is 18.4 Å². The number of methoxy groups -OCH3 is 1. The highest BCUT2D eigenvalue weighted by Gasteiger charge is 2.08. The van der Waals surface area contributed by atoms with Crippen molar-refractivity contribution in [2.24, 2.45) is 5.73 Å². The minimum Gasteiger partial charge on any atom is -0.384 e. The maximum Gasteiger partial charge on any atom is 0.0543 e. The molecule has 1 aromatic rings. The summed E-state index contributed by atoms with van der Waals surface area (Å²) in [5.41, 5.74) is 6.97. The van der Waals surface area contributed by atoms with E-state index in [1.165, 1.54) is 10.5 Å². The predicted octanol–water partition coefficient (Wildman–Crippen LogP) is 2.49. The van der Waals surface area contributed by atoms with Gasteiger partial charge in [-0.25, -0.2) is 0 Å². The lowest BCUT2D eigenvalue weighted by Crippen LogP contribution is -2.17. The first-order chi connectivity index (χ1) is 7.31. The van der Waals surface area contributed by atoms with Crippen LogP contribution in [-0.4, -0.2) is 26.0 Å². The van der Waals surface area contributed by atoms with Crippen molar-refractivity contribution in [2.45, 2.75) is 17.7 Å². The monoisotopic (exact) mass is 225 g/mol. The Kier molecular flexibility index (Phi) is 5.76. The first kappa shape index (κ1) is 12.6. The average molecular weight is 225 g/mol. The molecule has 2 nitrogen and oxygen atoms in total. The molecule has 0 saturated heterocycles. The Morgan fingerprint density at radius 1 is 1.33 bits per heavy atom. The van der Waals surface area contributed by atoms with E-state index in [1.807, 2.05) is 11.8 Å². The van der Waals surface area contributed by atoms with Gasteiger partial charge in [-0.1, -0.05) is 19.1 Å². The Labute approximate surface area is 96.2 Å². The van der Waals surface area contributed by atoms with Crippen LogP contribution >= 0.6 is 11.8 Å². The van der Waals surface area contributed by atoms with Crippen molar-refractivity contribution < 1.29 is 4.74 Å². The van der Waals surface area contributed by atoms with E-state index in [1.54, 1.807) is 7.11 Å². The summed E-state index contributed by atoms with van der Waals surface area (Å²) in [6, 6.07) is 8.60. The molecule has 0 radical (unpaired) electrons. The third-order valence-electron chi connectivity index (χ3n) is 2.31. The number of hydrogen-bond acceptors (Lipinski definition) is 3. The van der Waals surface area contributed by atoms with E-state index in [4.69, 9.17) is 10.5 Å². The van der Waals surface area contributed by atoms with Gasteiger partial charge in [0.15, 0.2) is 0 Å². The highest BCUT2D eigenvalue weighted by molar-refractivity contribution is 7.99. The van der Waals surface area contributed by atoms with Gasteiger partial charge in [-0.2, -0.15) is 0 Å². The maximum atomic E-state index is 5.70. The molecule has 0 saturated carbocycles. The minimum atomic E-state index is 0.315. The summed E-state index contributed by atoms with van der Waals surface area (Å²) in [4.78, 5) is 1.31. The summed E-state index contributed by atoms with van der Waals surface area (Å²) in [6.45, 7) is 3.48. The van der Waals surface area contributed by atoms with Crippen LogP contribution in [0.2, 0.25) is 0 Å². The van der Waals surface area contributed by atoms with Crippen LogP contribution in [0.3, 0.4) is 0 Å². The molecule has 1 atom stereocenters. The van der Waals surface area contributed by atoms with Gasteiger partial charge >= 0.3 is 0 Å². The smallest absolute Gasteiger partial charge is 0.0543 e. The predicted molar refractivity (Wildman–Crippen MR) is 66.5 cm³/mol. The van der Waals surface area contributed by atoms with E-state index >= 15 is 0 Å². The number of rotatable bonds is 6. The molecule has 0 spiro atoms. The number of benzene rings is 1. The lowest BCUT2D eigenvalue weighted by atomic mass is 10.0. The van der Waals surface area contributed by atoms with E-state index in [-0.39, 0.29) is 0 Å². The fraction of sp³-hybridized carbons (Fsp3) is 0.500. The van der Waals surface area contributed by atoms with Crippen molar-refractivity contribution in [1.29, 1.82) is 0 Å². The maximum absolute atomic E-state index is 5.70. The number of hydrogen-bond donors (Lipinski definition) is 1. The average Bonchev–Trinajstić information content (AvgIpc) is 2.28. The molecule has 0 aliphatic heterocycles. The highest BCUT2D eigenvalue weighted by atomic mass is 32.2. The van der Waals surface area contributed by atoms with Crippen LogP contribution in [0.15, 0.2) is 29.2 Å². The number of nitrogens with two attached hydrogens (primary N) is 1. The Balaban J connectivity index is 2.68. The van der Waals surface area contributed by atoms with Crippen molar-refractivity contribution in [3.63, 3.8) is 0 Å². The van der Waals surface area contributed by atoms with Gasteiger partial charge in [-0.15, -0.1) is 11.8 Å². The number of thioether (sulfide) groups is 1. The highest BCUT2D eigenvalue weighted by Crippen LogP contribution is 2.21.